The average Bonchev–Trinajstić information content (AvgIpc) is 2.81. The zero-order valence-electron chi connectivity index (χ0n) is 11.2. The van der Waals surface area contributed by atoms with E-state index in [0.717, 1.165) is 42.7 Å². The highest BCUT2D eigenvalue weighted by Crippen LogP contribution is 2.60. The Morgan fingerprint density at radius 3 is 2.25 bits per heavy atom. The molecule has 104 valence electrons. The molecule has 1 heterocycles. The third kappa shape index (κ3) is 1.48. The minimum absolute atomic E-state index is 0.0134. The quantitative estimate of drug-likeness (QED) is 0.864. The molecule has 0 aromatic carbocycles. The van der Waals surface area contributed by atoms with Crippen molar-refractivity contribution in [1.82, 2.24) is 10.2 Å². The van der Waals surface area contributed by atoms with Crippen molar-refractivity contribution < 1.29 is 9.90 Å². The van der Waals surface area contributed by atoms with Crippen LogP contribution in [0.15, 0.2) is 0 Å². The van der Waals surface area contributed by atoms with Crippen molar-refractivity contribution in [1.29, 1.82) is 5.26 Å². The van der Waals surface area contributed by atoms with Gasteiger partial charge in [0.05, 0.1) is 5.69 Å². The number of rotatable bonds is 2. The van der Waals surface area contributed by atoms with Crippen molar-refractivity contribution in [3.8, 4) is 6.07 Å². The number of carboxylic acid groups (broad SMARTS) is 1. The lowest BCUT2D eigenvalue weighted by Gasteiger charge is -2.56. The van der Waals surface area contributed by atoms with Crippen LogP contribution in [0.3, 0.4) is 0 Å². The molecular weight excluding hydrogens is 254 g/mol. The molecule has 5 nitrogen and oxygen atoms in total. The molecule has 0 spiro atoms. The van der Waals surface area contributed by atoms with Crippen LogP contribution in [0.4, 0.5) is 0 Å². The Bertz CT molecular complexity index is 590. The van der Waals surface area contributed by atoms with E-state index in [1.807, 2.05) is 0 Å². The minimum atomic E-state index is -1.12. The van der Waals surface area contributed by atoms with Crippen LogP contribution < -0.4 is 0 Å². The molecule has 0 atom stereocenters. The lowest BCUT2D eigenvalue weighted by atomic mass is 9.48. The summed E-state index contributed by atoms with van der Waals surface area (Å²) in [5.41, 5.74) is 0.940. The van der Waals surface area contributed by atoms with Crippen LogP contribution in [0.5, 0.6) is 0 Å². The van der Waals surface area contributed by atoms with Gasteiger partial charge >= 0.3 is 5.97 Å². The largest absolute Gasteiger partial charge is 0.476 e. The summed E-state index contributed by atoms with van der Waals surface area (Å²) in [5.74, 6) is 1.15. The van der Waals surface area contributed by atoms with Crippen LogP contribution in [0.1, 0.15) is 60.3 Å². The zero-order chi connectivity index (χ0) is 13.9. The van der Waals surface area contributed by atoms with E-state index in [-0.39, 0.29) is 16.7 Å². The van der Waals surface area contributed by atoms with Crippen LogP contribution in [-0.4, -0.2) is 21.3 Å². The second-order valence-corrected chi connectivity index (χ2v) is 6.94. The molecular formula is C15H17N3O2. The van der Waals surface area contributed by atoms with Gasteiger partial charge < -0.3 is 5.11 Å². The van der Waals surface area contributed by atoms with Gasteiger partial charge in [0, 0.05) is 5.41 Å². The third-order valence-corrected chi connectivity index (χ3v) is 5.65. The van der Waals surface area contributed by atoms with E-state index in [1.165, 1.54) is 19.3 Å². The summed E-state index contributed by atoms with van der Waals surface area (Å²) >= 11 is 0. The number of hydrogen-bond donors (Lipinski definition) is 2. The first-order chi connectivity index (χ1) is 9.61. The average molecular weight is 271 g/mol. The highest BCUT2D eigenvalue weighted by atomic mass is 16.4. The Morgan fingerprint density at radius 1 is 1.25 bits per heavy atom. The molecule has 0 unspecified atom stereocenters. The summed E-state index contributed by atoms with van der Waals surface area (Å²) in [7, 11) is 0. The molecule has 4 saturated carbocycles. The molecule has 5 heteroatoms. The predicted octanol–water partition coefficient (Wildman–Crippen LogP) is 2.45. The second-order valence-electron chi connectivity index (χ2n) is 6.94. The van der Waals surface area contributed by atoms with Crippen LogP contribution >= 0.6 is 0 Å². The predicted molar refractivity (Wildman–Crippen MR) is 70.1 cm³/mol. The molecule has 2 N–H and O–H groups in total. The molecule has 20 heavy (non-hydrogen) atoms. The van der Waals surface area contributed by atoms with Gasteiger partial charge in [0.2, 0.25) is 0 Å². The maximum atomic E-state index is 11.2. The summed E-state index contributed by atoms with van der Waals surface area (Å²) < 4.78 is 0. The summed E-state index contributed by atoms with van der Waals surface area (Å²) in [6.45, 7) is 0. The van der Waals surface area contributed by atoms with Crippen molar-refractivity contribution >= 4 is 5.97 Å². The molecule has 0 amide bonds. The van der Waals surface area contributed by atoms with Crippen molar-refractivity contribution in [2.75, 3.05) is 0 Å². The number of aromatic amines is 1. The topological polar surface area (TPSA) is 89.8 Å². The van der Waals surface area contributed by atoms with E-state index in [4.69, 9.17) is 5.11 Å². The van der Waals surface area contributed by atoms with Crippen LogP contribution in [0.25, 0.3) is 0 Å². The van der Waals surface area contributed by atoms with E-state index >= 15 is 0 Å². The Kier molecular flexibility index (Phi) is 2.30. The number of carbonyl (C=O) groups is 1. The van der Waals surface area contributed by atoms with E-state index in [9.17, 15) is 10.1 Å². The molecule has 4 fully saturated rings. The van der Waals surface area contributed by atoms with Gasteiger partial charge in [0.15, 0.2) is 5.69 Å². The van der Waals surface area contributed by atoms with E-state index in [0.29, 0.717) is 0 Å². The molecule has 4 aliphatic rings. The lowest BCUT2D eigenvalue weighted by Crippen LogP contribution is -2.49. The fraction of sp³-hybridized carbons (Fsp3) is 0.667. The maximum absolute atomic E-state index is 11.2. The van der Waals surface area contributed by atoms with Crippen molar-refractivity contribution in [3.05, 3.63) is 17.0 Å². The lowest BCUT2D eigenvalue weighted by molar-refractivity contribution is -0.00733. The minimum Gasteiger partial charge on any atom is -0.476 e. The van der Waals surface area contributed by atoms with Crippen molar-refractivity contribution in [2.24, 2.45) is 17.8 Å². The second kappa shape index (κ2) is 3.85. The summed E-state index contributed by atoms with van der Waals surface area (Å²) in [6.07, 6.45) is 7.24. The van der Waals surface area contributed by atoms with Crippen molar-refractivity contribution in [2.45, 2.75) is 43.9 Å². The van der Waals surface area contributed by atoms with Gasteiger partial charge in [-0.15, -0.1) is 0 Å². The van der Waals surface area contributed by atoms with Gasteiger partial charge in [-0.2, -0.15) is 10.4 Å². The molecule has 1 aromatic rings. The molecule has 1 aromatic heterocycles. The first kappa shape index (κ1) is 12.0. The Hall–Kier alpha value is -1.83. The number of nitriles is 1. The normalized spacial score (nSPS) is 37.9. The number of aromatic nitrogens is 2. The molecule has 4 aliphatic carbocycles. The monoisotopic (exact) mass is 271 g/mol. The summed E-state index contributed by atoms with van der Waals surface area (Å²) in [5, 5.41) is 25.3. The van der Waals surface area contributed by atoms with E-state index < -0.39 is 5.97 Å². The highest BCUT2D eigenvalue weighted by Gasteiger charge is 2.53. The van der Waals surface area contributed by atoms with Gasteiger partial charge in [0.25, 0.3) is 0 Å². The molecule has 0 saturated heterocycles. The first-order valence-corrected chi connectivity index (χ1v) is 7.33. The first-order valence-electron chi connectivity index (χ1n) is 7.33. The Labute approximate surface area is 117 Å². The van der Waals surface area contributed by atoms with Gasteiger partial charge in [-0.1, -0.05) is 0 Å². The number of nitrogens with zero attached hydrogens (tertiary/aromatic N) is 2. The van der Waals surface area contributed by atoms with Crippen LogP contribution in [-0.2, 0) is 5.41 Å². The fourth-order valence-corrected chi connectivity index (χ4v) is 5.41. The SMILES string of the molecule is N#Cc1c(C(=O)O)n[nH]c1C12CC3CC(CC(C3)C1)C2. The molecule has 4 bridgehead atoms. The van der Waals surface area contributed by atoms with Crippen LogP contribution in [0.2, 0.25) is 0 Å². The number of aromatic carboxylic acids is 1. The number of H-pyrrole nitrogens is 1. The van der Waals surface area contributed by atoms with Gasteiger partial charge in [-0.3, -0.25) is 5.10 Å². The zero-order valence-corrected chi connectivity index (χ0v) is 11.2. The highest BCUT2D eigenvalue weighted by molar-refractivity contribution is 5.88. The van der Waals surface area contributed by atoms with Crippen molar-refractivity contribution in [3.63, 3.8) is 0 Å². The van der Waals surface area contributed by atoms with Gasteiger partial charge in [-0.05, 0) is 56.3 Å². The Morgan fingerprint density at radius 2 is 1.80 bits per heavy atom. The van der Waals surface area contributed by atoms with E-state index in [1.54, 1.807) is 0 Å². The number of carboxylic acids is 1. The molecule has 5 rings (SSSR count). The smallest absolute Gasteiger partial charge is 0.357 e. The molecule has 0 aliphatic heterocycles. The molecule has 0 radical (unpaired) electrons. The standard InChI is InChI=1S/C15H17N3O2/c16-7-11-12(14(19)20)17-18-13(11)15-4-8-1-9(5-15)3-10(2-8)6-15/h8-10H,1-6H2,(H,17,18)(H,19,20). The Balaban J connectivity index is 1.82. The maximum Gasteiger partial charge on any atom is 0.357 e. The fourth-order valence-electron chi connectivity index (χ4n) is 5.41. The third-order valence-electron chi connectivity index (χ3n) is 5.65. The summed E-state index contributed by atoms with van der Waals surface area (Å²) in [4.78, 5) is 11.2. The number of hydrogen-bond acceptors (Lipinski definition) is 3. The van der Waals surface area contributed by atoms with E-state index in [2.05, 4.69) is 16.3 Å². The van der Waals surface area contributed by atoms with Gasteiger partial charge in [0.1, 0.15) is 11.6 Å². The van der Waals surface area contributed by atoms with Gasteiger partial charge in [-0.25, -0.2) is 4.79 Å². The summed E-state index contributed by atoms with van der Waals surface area (Å²) in [6, 6.07) is 2.08. The van der Waals surface area contributed by atoms with Crippen LogP contribution in [0, 0.1) is 29.1 Å². The number of nitrogens with one attached hydrogen (secondary N) is 1.